The number of nitrogens with two attached hydrogens (primary N) is 1. The summed E-state index contributed by atoms with van der Waals surface area (Å²) in [7, 11) is 0. The van der Waals surface area contributed by atoms with Crippen molar-refractivity contribution in [3.8, 4) is 0 Å². The minimum atomic E-state index is -0.487. The number of nitroso groups, excluding NO2 is 1. The Kier molecular flexibility index (Phi) is 5.87. The number of rotatable bonds is 1. The number of carbonyl (C=O) groups excluding carboxylic acids is 1. The minimum absolute atomic E-state index is 0.0325. The Balaban J connectivity index is 3.01. The van der Waals surface area contributed by atoms with Crippen molar-refractivity contribution in [2.75, 3.05) is 0 Å². The maximum atomic E-state index is 11.9. The molecule has 2 N–H and O–H groups in total. The molecule has 0 spiro atoms. The number of hydrogen-bond donors (Lipinski definition) is 1. The molecule has 0 saturated heterocycles. The van der Waals surface area contributed by atoms with Gasteiger partial charge in [-0.15, -0.1) is 4.91 Å². The molecule has 1 fully saturated rings. The predicted octanol–water partition coefficient (Wildman–Crippen LogP) is 4.02. The van der Waals surface area contributed by atoms with E-state index in [1.807, 2.05) is 0 Å². The lowest BCUT2D eigenvalue weighted by Crippen LogP contribution is -2.43. The Hall–Kier alpha value is -0.770. The fourth-order valence-corrected chi connectivity index (χ4v) is 3.80. The van der Waals surface area contributed by atoms with E-state index in [4.69, 9.17) is 5.73 Å². The molecule has 0 radical (unpaired) electrons. The average molecular weight is 282 g/mol. The first-order chi connectivity index (χ1) is 9.20. The van der Waals surface area contributed by atoms with Crippen molar-refractivity contribution in [3.05, 3.63) is 4.91 Å². The van der Waals surface area contributed by atoms with Gasteiger partial charge in [0.2, 0.25) is 0 Å². The highest BCUT2D eigenvalue weighted by molar-refractivity contribution is 5.80. The van der Waals surface area contributed by atoms with Crippen LogP contribution in [0.3, 0.4) is 0 Å². The Morgan fingerprint density at radius 2 is 1.55 bits per heavy atom. The lowest BCUT2D eigenvalue weighted by molar-refractivity contribution is -0.126. The molecule has 0 heterocycles. The summed E-state index contributed by atoms with van der Waals surface area (Å²) < 4.78 is 0. The number of nitrogens with zero attached hydrogens (tertiary/aromatic N) is 1. The van der Waals surface area contributed by atoms with Gasteiger partial charge in [-0.25, -0.2) is 0 Å². The van der Waals surface area contributed by atoms with E-state index in [-0.39, 0.29) is 22.8 Å². The molecule has 0 aromatic rings. The highest BCUT2D eigenvalue weighted by Gasteiger charge is 2.41. The molecule has 2 atom stereocenters. The summed E-state index contributed by atoms with van der Waals surface area (Å²) in [5.41, 5.74) is 6.09. The fourth-order valence-electron chi connectivity index (χ4n) is 3.80. The highest BCUT2D eigenvalue weighted by atomic mass is 16.3. The third kappa shape index (κ3) is 4.37. The van der Waals surface area contributed by atoms with Gasteiger partial charge in [-0.2, -0.15) is 0 Å². The molecule has 1 aliphatic carbocycles. The predicted molar refractivity (Wildman–Crippen MR) is 82.1 cm³/mol. The molecule has 1 rings (SSSR count). The van der Waals surface area contributed by atoms with E-state index < -0.39 is 5.91 Å². The van der Waals surface area contributed by atoms with Crippen molar-refractivity contribution in [1.82, 2.24) is 0 Å². The second kappa shape index (κ2) is 6.79. The van der Waals surface area contributed by atoms with Crippen LogP contribution in [-0.4, -0.2) is 11.9 Å². The summed E-state index contributed by atoms with van der Waals surface area (Å²) >= 11 is 0. The zero-order chi connectivity index (χ0) is 15.4. The van der Waals surface area contributed by atoms with Crippen LogP contribution >= 0.6 is 0 Å². The van der Waals surface area contributed by atoms with Crippen molar-refractivity contribution in [2.24, 2.45) is 27.7 Å². The van der Waals surface area contributed by atoms with Crippen molar-refractivity contribution in [2.45, 2.75) is 78.7 Å². The minimum Gasteiger partial charge on any atom is -0.327 e. The van der Waals surface area contributed by atoms with Crippen molar-refractivity contribution < 1.29 is 4.79 Å². The Bertz CT molecular complexity index is 350. The van der Waals surface area contributed by atoms with Crippen LogP contribution in [0.15, 0.2) is 5.18 Å². The van der Waals surface area contributed by atoms with Crippen LogP contribution in [0, 0.1) is 21.7 Å². The third-order valence-corrected chi connectivity index (χ3v) is 5.00. The van der Waals surface area contributed by atoms with Crippen LogP contribution < -0.4 is 5.73 Å². The first-order valence-corrected chi connectivity index (χ1v) is 7.83. The summed E-state index contributed by atoms with van der Waals surface area (Å²) in [5, 5.41) is 2.70. The molecule has 0 aliphatic heterocycles. The SMILES string of the molecule is CC1(C)CC(C)(C)C(C(=O)N=O)CCCCCCC1N. The molecule has 0 bridgehead atoms. The van der Waals surface area contributed by atoms with Crippen LogP contribution in [0.25, 0.3) is 0 Å². The van der Waals surface area contributed by atoms with Gasteiger partial charge in [0.25, 0.3) is 5.91 Å². The van der Waals surface area contributed by atoms with E-state index in [9.17, 15) is 9.70 Å². The molecular weight excluding hydrogens is 252 g/mol. The van der Waals surface area contributed by atoms with E-state index in [0.717, 1.165) is 44.9 Å². The lowest BCUT2D eigenvalue weighted by atomic mass is 9.64. The van der Waals surface area contributed by atoms with Crippen LogP contribution in [0.4, 0.5) is 0 Å². The summed E-state index contributed by atoms with van der Waals surface area (Å²) in [6.45, 7) is 8.50. The summed E-state index contributed by atoms with van der Waals surface area (Å²) in [6.07, 6.45) is 7.04. The second-order valence-electron chi connectivity index (χ2n) is 7.73. The molecule has 116 valence electrons. The molecule has 1 aliphatic rings. The molecule has 1 amide bonds. The van der Waals surface area contributed by atoms with Gasteiger partial charge in [0.1, 0.15) is 0 Å². The van der Waals surface area contributed by atoms with Crippen molar-refractivity contribution in [3.63, 3.8) is 0 Å². The van der Waals surface area contributed by atoms with E-state index >= 15 is 0 Å². The molecule has 2 unspecified atom stereocenters. The van der Waals surface area contributed by atoms with Gasteiger partial charge in [0.05, 0.1) is 0 Å². The van der Waals surface area contributed by atoms with Crippen LogP contribution in [-0.2, 0) is 4.79 Å². The van der Waals surface area contributed by atoms with Gasteiger partial charge in [-0.1, -0.05) is 53.4 Å². The first kappa shape index (κ1) is 17.3. The molecule has 0 aromatic carbocycles. The molecule has 20 heavy (non-hydrogen) atoms. The van der Waals surface area contributed by atoms with Crippen molar-refractivity contribution in [1.29, 1.82) is 0 Å². The molecule has 4 nitrogen and oxygen atoms in total. The largest absolute Gasteiger partial charge is 0.327 e. The second-order valence-corrected chi connectivity index (χ2v) is 7.73. The maximum Gasteiger partial charge on any atom is 0.289 e. The Labute approximate surface area is 122 Å². The van der Waals surface area contributed by atoms with Crippen molar-refractivity contribution >= 4 is 5.91 Å². The summed E-state index contributed by atoms with van der Waals surface area (Å²) in [6, 6.07) is 0.139. The molecule has 4 heteroatoms. The van der Waals surface area contributed by atoms with Gasteiger partial charge >= 0.3 is 0 Å². The van der Waals surface area contributed by atoms with Gasteiger partial charge in [-0.3, -0.25) is 4.79 Å². The van der Waals surface area contributed by atoms with E-state index in [1.165, 1.54) is 0 Å². The summed E-state index contributed by atoms with van der Waals surface area (Å²) in [5.74, 6) is -0.761. The van der Waals surface area contributed by atoms with Crippen LogP contribution in [0.2, 0.25) is 0 Å². The zero-order valence-electron chi connectivity index (χ0n) is 13.4. The topological polar surface area (TPSA) is 72.5 Å². The standard InChI is InChI=1S/C16H30N2O2/c1-15(2)11-16(3,4)13(17)10-8-6-5-7-9-12(15)14(19)18-20/h12-13H,5-11,17H2,1-4H3. The first-order valence-electron chi connectivity index (χ1n) is 7.83. The smallest absolute Gasteiger partial charge is 0.289 e. The number of hydrogen-bond acceptors (Lipinski definition) is 3. The Morgan fingerprint density at radius 3 is 2.10 bits per heavy atom. The summed E-state index contributed by atoms with van der Waals surface area (Å²) in [4.78, 5) is 22.6. The average Bonchev–Trinajstić information content (AvgIpc) is 2.35. The van der Waals surface area contributed by atoms with Crippen LogP contribution in [0.5, 0.6) is 0 Å². The van der Waals surface area contributed by atoms with Gasteiger partial charge in [0.15, 0.2) is 0 Å². The number of amides is 1. The zero-order valence-corrected chi connectivity index (χ0v) is 13.4. The third-order valence-electron chi connectivity index (χ3n) is 5.00. The molecule has 0 aromatic heterocycles. The Morgan fingerprint density at radius 1 is 1.00 bits per heavy atom. The highest BCUT2D eigenvalue weighted by Crippen LogP contribution is 2.44. The van der Waals surface area contributed by atoms with Crippen LogP contribution in [0.1, 0.15) is 72.6 Å². The quantitative estimate of drug-likeness (QED) is 0.738. The maximum absolute atomic E-state index is 11.9. The lowest BCUT2D eigenvalue weighted by Gasteiger charge is -2.41. The van der Waals surface area contributed by atoms with E-state index in [0.29, 0.717) is 0 Å². The molecular formula is C16H30N2O2. The normalized spacial score (nSPS) is 31.1. The van der Waals surface area contributed by atoms with Gasteiger partial charge < -0.3 is 5.73 Å². The fraction of sp³-hybridized carbons (Fsp3) is 0.938. The van der Waals surface area contributed by atoms with E-state index in [1.54, 1.807) is 0 Å². The molecule has 1 saturated carbocycles. The number of carbonyl (C=O) groups is 1. The van der Waals surface area contributed by atoms with Gasteiger partial charge in [-0.05, 0) is 30.1 Å². The monoisotopic (exact) mass is 282 g/mol. The van der Waals surface area contributed by atoms with Gasteiger partial charge in [0, 0.05) is 17.1 Å². The van der Waals surface area contributed by atoms with E-state index in [2.05, 4.69) is 32.9 Å².